The molecule has 0 radical (unpaired) electrons. The molecular weight excluding hydrogens is 299 g/mol. The first-order valence-electron chi connectivity index (χ1n) is 6.53. The lowest BCUT2D eigenvalue weighted by atomic mass is 9.97. The number of alkyl halides is 3. The highest BCUT2D eigenvalue weighted by atomic mass is 19.4. The minimum absolute atomic E-state index is 0.00707. The lowest BCUT2D eigenvalue weighted by molar-refractivity contribution is -0.272. The molecule has 1 aromatic rings. The van der Waals surface area contributed by atoms with Crippen molar-refractivity contribution in [3.63, 3.8) is 0 Å². The topological polar surface area (TPSA) is 88.5 Å². The van der Waals surface area contributed by atoms with Gasteiger partial charge in [0.1, 0.15) is 5.82 Å². The number of aromatic nitrogens is 2. The van der Waals surface area contributed by atoms with E-state index in [1.54, 1.807) is 6.92 Å². The number of hydrogen-bond donors (Lipinski definition) is 3. The van der Waals surface area contributed by atoms with Gasteiger partial charge in [0.25, 0.3) is 0 Å². The van der Waals surface area contributed by atoms with Gasteiger partial charge in [-0.25, -0.2) is 9.98 Å². The molecule has 1 rings (SSSR count). The monoisotopic (exact) mass is 319 g/mol. The SMILES string of the molecule is C=C(C)CN=C(N)NCCC(O)(c1nccn1C)C(F)(F)F. The van der Waals surface area contributed by atoms with Gasteiger partial charge in [-0.1, -0.05) is 12.2 Å². The number of nitrogens with two attached hydrogens (primary N) is 1. The Morgan fingerprint density at radius 1 is 1.55 bits per heavy atom. The van der Waals surface area contributed by atoms with Crippen LogP contribution in [0.2, 0.25) is 0 Å². The Labute approximate surface area is 126 Å². The molecule has 0 saturated heterocycles. The highest BCUT2D eigenvalue weighted by molar-refractivity contribution is 5.77. The van der Waals surface area contributed by atoms with Gasteiger partial charge in [-0.3, -0.25) is 0 Å². The van der Waals surface area contributed by atoms with Gasteiger partial charge in [0, 0.05) is 32.4 Å². The fourth-order valence-electron chi connectivity index (χ4n) is 1.79. The Hall–Kier alpha value is -2.03. The zero-order valence-electron chi connectivity index (χ0n) is 12.5. The average Bonchev–Trinajstić information content (AvgIpc) is 2.81. The fraction of sp³-hybridized carbons (Fsp3) is 0.538. The molecule has 1 atom stereocenters. The fourth-order valence-corrected chi connectivity index (χ4v) is 1.79. The number of imidazole rings is 1. The summed E-state index contributed by atoms with van der Waals surface area (Å²) in [5.41, 5.74) is 3.23. The number of aliphatic imine (C=N–C) groups is 1. The molecule has 4 N–H and O–H groups in total. The lowest BCUT2D eigenvalue weighted by Crippen LogP contribution is -2.47. The van der Waals surface area contributed by atoms with Gasteiger partial charge < -0.3 is 20.7 Å². The van der Waals surface area contributed by atoms with E-state index in [-0.39, 0.29) is 19.0 Å². The second-order valence-corrected chi connectivity index (χ2v) is 5.06. The maximum atomic E-state index is 13.2. The van der Waals surface area contributed by atoms with Gasteiger partial charge in [-0.05, 0) is 6.92 Å². The maximum absolute atomic E-state index is 13.2. The molecule has 0 aliphatic carbocycles. The number of hydrogen-bond acceptors (Lipinski definition) is 3. The molecule has 0 amide bonds. The van der Waals surface area contributed by atoms with Crippen molar-refractivity contribution in [3.05, 3.63) is 30.4 Å². The van der Waals surface area contributed by atoms with Crippen molar-refractivity contribution < 1.29 is 18.3 Å². The van der Waals surface area contributed by atoms with E-state index < -0.39 is 24.0 Å². The molecule has 0 aliphatic rings. The smallest absolute Gasteiger partial charge is 0.374 e. The van der Waals surface area contributed by atoms with Crippen molar-refractivity contribution in [2.24, 2.45) is 17.8 Å². The molecule has 1 aromatic heterocycles. The normalized spacial score (nSPS) is 15.5. The van der Waals surface area contributed by atoms with Gasteiger partial charge in [0.05, 0.1) is 6.54 Å². The Kier molecular flexibility index (Phi) is 5.59. The number of rotatable bonds is 6. The molecule has 0 bridgehead atoms. The van der Waals surface area contributed by atoms with Crippen LogP contribution < -0.4 is 11.1 Å². The van der Waals surface area contributed by atoms with E-state index in [2.05, 4.69) is 21.9 Å². The van der Waals surface area contributed by atoms with Crippen LogP contribution in [-0.4, -0.2) is 39.9 Å². The van der Waals surface area contributed by atoms with Gasteiger partial charge >= 0.3 is 6.18 Å². The van der Waals surface area contributed by atoms with Crippen LogP contribution >= 0.6 is 0 Å². The molecule has 0 aromatic carbocycles. The minimum Gasteiger partial charge on any atom is -0.374 e. The summed E-state index contributed by atoms with van der Waals surface area (Å²) in [4.78, 5) is 7.49. The molecule has 1 heterocycles. The summed E-state index contributed by atoms with van der Waals surface area (Å²) >= 11 is 0. The molecule has 0 fully saturated rings. The summed E-state index contributed by atoms with van der Waals surface area (Å²) in [6.45, 7) is 5.45. The first-order valence-corrected chi connectivity index (χ1v) is 6.53. The summed E-state index contributed by atoms with van der Waals surface area (Å²) in [6.07, 6.45) is -2.98. The minimum atomic E-state index is -4.86. The summed E-state index contributed by atoms with van der Waals surface area (Å²) in [6, 6.07) is 0. The second kappa shape index (κ2) is 6.82. The highest BCUT2D eigenvalue weighted by Crippen LogP contribution is 2.40. The summed E-state index contributed by atoms with van der Waals surface area (Å²) in [7, 11) is 1.38. The molecule has 9 heteroatoms. The van der Waals surface area contributed by atoms with Gasteiger partial charge in [0.15, 0.2) is 5.96 Å². The van der Waals surface area contributed by atoms with Crippen LogP contribution in [0, 0.1) is 0 Å². The number of aryl methyl sites for hydroxylation is 1. The average molecular weight is 319 g/mol. The van der Waals surface area contributed by atoms with Crippen LogP contribution in [0.15, 0.2) is 29.5 Å². The Bertz CT molecular complexity index is 552. The molecule has 0 spiro atoms. The van der Waals surface area contributed by atoms with E-state index in [0.29, 0.717) is 0 Å². The first kappa shape index (κ1) is 18.0. The lowest BCUT2D eigenvalue weighted by Gasteiger charge is -2.30. The van der Waals surface area contributed by atoms with E-state index in [1.807, 2.05) is 0 Å². The predicted octanol–water partition coefficient (Wildman–Crippen LogP) is 1.04. The molecule has 124 valence electrons. The number of halogens is 3. The van der Waals surface area contributed by atoms with Gasteiger partial charge in [-0.15, -0.1) is 0 Å². The number of guanidine groups is 1. The van der Waals surface area contributed by atoms with E-state index in [9.17, 15) is 18.3 Å². The van der Waals surface area contributed by atoms with E-state index in [1.165, 1.54) is 19.4 Å². The van der Waals surface area contributed by atoms with Crippen LogP contribution in [-0.2, 0) is 12.6 Å². The largest absolute Gasteiger partial charge is 0.424 e. The molecular formula is C13H20F3N5O. The number of nitrogens with zero attached hydrogens (tertiary/aromatic N) is 3. The summed E-state index contributed by atoms with van der Waals surface area (Å²) in [5, 5.41) is 12.6. The molecule has 1 unspecified atom stereocenters. The van der Waals surface area contributed by atoms with Crippen LogP contribution in [0.3, 0.4) is 0 Å². The third-order valence-corrected chi connectivity index (χ3v) is 2.97. The summed E-state index contributed by atoms with van der Waals surface area (Å²) < 4.78 is 40.8. The maximum Gasteiger partial charge on any atom is 0.424 e. The Balaban J connectivity index is 2.79. The van der Waals surface area contributed by atoms with Gasteiger partial charge in [0.2, 0.25) is 5.60 Å². The van der Waals surface area contributed by atoms with Crippen molar-refractivity contribution in [2.45, 2.75) is 25.1 Å². The Morgan fingerprint density at radius 2 is 2.18 bits per heavy atom. The molecule has 0 saturated carbocycles. The van der Waals surface area contributed by atoms with Crippen LogP contribution in [0.4, 0.5) is 13.2 Å². The summed E-state index contributed by atoms with van der Waals surface area (Å²) in [5.74, 6) is -0.480. The Morgan fingerprint density at radius 3 is 2.64 bits per heavy atom. The third kappa shape index (κ3) is 4.23. The first-order chi connectivity index (χ1) is 10.1. The zero-order valence-corrected chi connectivity index (χ0v) is 12.5. The standard InChI is InChI=1S/C13H20F3N5O/c1-9(2)8-20-11(17)19-5-4-12(22,13(14,15)16)10-18-6-7-21(10)3/h6-7,22H,1,4-5,8H2,2-3H3,(H3,17,19,20). The van der Waals surface area contributed by atoms with Crippen molar-refractivity contribution in [2.75, 3.05) is 13.1 Å². The van der Waals surface area contributed by atoms with Crippen molar-refractivity contribution in [1.82, 2.24) is 14.9 Å². The van der Waals surface area contributed by atoms with Crippen LogP contribution in [0.5, 0.6) is 0 Å². The second-order valence-electron chi connectivity index (χ2n) is 5.06. The van der Waals surface area contributed by atoms with E-state index in [4.69, 9.17) is 5.73 Å². The zero-order chi connectivity index (χ0) is 17.0. The molecule has 0 aliphatic heterocycles. The van der Waals surface area contributed by atoms with Crippen LogP contribution in [0.1, 0.15) is 19.2 Å². The van der Waals surface area contributed by atoms with E-state index >= 15 is 0 Å². The van der Waals surface area contributed by atoms with E-state index in [0.717, 1.165) is 10.1 Å². The van der Waals surface area contributed by atoms with Crippen LogP contribution in [0.25, 0.3) is 0 Å². The predicted molar refractivity (Wildman–Crippen MR) is 77.1 cm³/mol. The highest BCUT2D eigenvalue weighted by Gasteiger charge is 2.57. The number of aliphatic hydroxyl groups is 1. The quantitative estimate of drug-likeness (QED) is 0.415. The number of nitrogens with one attached hydrogen (secondary N) is 1. The molecule has 6 nitrogen and oxygen atoms in total. The van der Waals surface area contributed by atoms with Crippen molar-refractivity contribution >= 4 is 5.96 Å². The van der Waals surface area contributed by atoms with Gasteiger partial charge in [-0.2, -0.15) is 13.2 Å². The third-order valence-electron chi connectivity index (χ3n) is 2.97. The van der Waals surface area contributed by atoms with Crippen molar-refractivity contribution in [1.29, 1.82) is 0 Å². The van der Waals surface area contributed by atoms with Crippen molar-refractivity contribution in [3.8, 4) is 0 Å². The molecule has 22 heavy (non-hydrogen) atoms.